The summed E-state index contributed by atoms with van der Waals surface area (Å²) in [5.41, 5.74) is -0.682. The summed E-state index contributed by atoms with van der Waals surface area (Å²) in [6, 6.07) is 4.96. The molecule has 1 fully saturated rings. The maximum atomic E-state index is 12.5. The molecule has 1 heterocycles. The van der Waals surface area contributed by atoms with Gasteiger partial charge in [0.05, 0.1) is 5.56 Å². The Kier molecular flexibility index (Phi) is 5.25. The van der Waals surface area contributed by atoms with E-state index in [0.717, 1.165) is 38.1 Å². The Hall–Kier alpha value is -1.27. The van der Waals surface area contributed by atoms with Crippen LogP contribution in [-0.2, 0) is 10.9 Å². The first-order valence-corrected chi connectivity index (χ1v) is 6.79. The van der Waals surface area contributed by atoms with Gasteiger partial charge in [-0.15, -0.1) is 0 Å². The third kappa shape index (κ3) is 4.68. The van der Waals surface area contributed by atoms with Crippen LogP contribution in [-0.4, -0.2) is 32.4 Å². The summed E-state index contributed by atoms with van der Waals surface area (Å²) in [7, 11) is 0. The Balaban J connectivity index is 1.68. The SMILES string of the molecule is FC(F)(F)c1cccc(OCC[NH2+]C[C@@H]2CCCO2)c1. The van der Waals surface area contributed by atoms with E-state index in [1.54, 1.807) is 0 Å². The van der Waals surface area contributed by atoms with Gasteiger partial charge in [-0.25, -0.2) is 0 Å². The van der Waals surface area contributed by atoms with Gasteiger partial charge in [0.15, 0.2) is 0 Å². The van der Waals surface area contributed by atoms with Crippen LogP contribution in [0.2, 0.25) is 0 Å². The van der Waals surface area contributed by atoms with Gasteiger partial charge in [0.25, 0.3) is 0 Å². The average molecular weight is 290 g/mol. The van der Waals surface area contributed by atoms with Crippen LogP contribution in [0.4, 0.5) is 13.2 Å². The predicted octanol–water partition coefficient (Wildman–Crippen LogP) is 1.83. The van der Waals surface area contributed by atoms with Crippen LogP contribution in [0.3, 0.4) is 0 Å². The number of ether oxygens (including phenoxy) is 2. The smallest absolute Gasteiger partial charge is 0.416 e. The minimum atomic E-state index is -4.33. The van der Waals surface area contributed by atoms with Crippen molar-refractivity contribution in [1.29, 1.82) is 0 Å². The highest BCUT2D eigenvalue weighted by molar-refractivity contribution is 5.30. The van der Waals surface area contributed by atoms with Crippen LogP contribution < -0.4 is 10.1 Å². The fraction of sp³-hybridized carbons (Fsp3) is 0.571. The molecule has 2 N–H and O–H groups in total. The Morgan fingerprint density at radius 1 is 1.35 bits per heavy atom. The Morgan fingerprint density at radius 3 is 2.90 bits per heavy atom. The van der Waals surface area contributed by atoms with Crippen LogP contribution >= 0.6 is 0 Å². The zero-order valence-corrected chi connectivity index (χ0v) is 11.2. The second kappa shape index (κ2) is 6.95. The number of quaternary nitrogens is 1. The molecule has 0 aliphatic carbocycles. The summed E-state index contributed by atoms with van der Waals surface area (Å²) in [6.45, 7) is 2.80. The van der Waals surface area contributed by atoms with E-state index in [1.807, 2.05) is 0 Å². The largest absolute Gasteiger partial charge is 0.488 e. The second-order valence-corrected chi connectivity index (χ2v) is 4.82. The zero-order chi connectivity index (χ0) is 14.4. The standard InChI is InChI=1S/C14H18F3NO2/c15-14(16,17)11-3-1-4-12(9-11)20-8-6-18-10-13-5-2-7-19-13/h1,3-4,9,13,18H,2,5-8,10H2/p+1/t13-/m0/s1. The van der Waals surface area contributed by atoms with E-state index in [0.29, 0.717) is 19.3 Å². The number of halogens is 3. The number of alkyl halides is 3. The van der Waals surface area contributed by atoms with E-state index in [-0.39, 0.29) is 5.75 Å². The number of rotatable bonds is 6. The third-order valence-electron chi connectivity index (χ3n) is 3.21. The Morgan fingerprint density at radius 2 is 2.20 bits per heavy atom. The van der Waals surface area contributed by atoms with Crippen LogP contribution in [0.1, 0.15) is 18.4 Å². The van der Waals surface area contributed by atoms with Crippen LogP contribution in [0.5, 0.6) is 5.75 Å². The minimum Gasteiger partial charge on any atom is -0.488 e. The van der Waals surface area contributed by atoms with E-state index < -0.39 is 11.7 Å². The number of benzene rings is 1. The lowest BCUT2D eigenvalue weighted by Crippen LogP contribution is -2.87. The van der Waals surface area contributed by atoms with Crippen LogP contribution in [0, 0.1) is 0 Å². The van der Waals surface area contributed by atoms with Gasteiger partial charge in [0.2, 0.25) is 0 Å². The molecule has 6 heteroatoms. The van der Waals surface area contributed by atoms with Gasteiger partial charge < -0.3 is 14.8 Å². The van der Waals surface area contributed by atoms with Crippen molar-refractivity contribution in [3.8, 4) is 5.75 Å². The van der Waals surface area contributed by atoms with Crippen LogP contribution in [0.15, 0.2) is 24.3 Å². The Bertz CT molecular complexity index is 417. The topological polar surface area (TPSA) is 35.1 Å². The molecule has 0 spiro atoms. The van der Waals surface area contributed by atoms with Crippen LogP contribution in [0.25, 0.3) is 0 Å². The molecule has 0 bridgehead atoms. The highest BCUT2D eigenvalue weighted by atomic mass is 19.4. The molecule has 0 unspecified atom stereocenters. The van der Waals surface area contributed by atoms with E-state index in [4.69, 9.17) is 9.47 Å². The molecule has 0 aromatic heterocycles. The molecule has 3 nitrogen and oxygen atoms in total. The Labute approximate surface area is 116 Å². The van der Waals surface area contributed by atoms with Crippen molar-refractivity contribution in [3.63, 3.8) is 0 Å². The molecule has 20 heavy (non-hydrogen) atoms. The van der Waals surface area contributed by atoms with Gasteiger partial charge in [0, 0.05) is 6.61 Å². The fourth-order valence-corrected chi connectivity index (χ4v) is 2.16. The van der Waals surface area contributed by atoms with E-state index in [9.17, 15) is 13.2 Å². The summed E-state index contributed by atoms with van der Waals surface area (Å²) >= 11 is 0. The number of hydrogen-bond acceptors (Lipinski definition) is 2. The monoisotopic (exact) mass is 290 g/mol. The van der Waals surface area contributed by atoms with E-state index in [1.165, 1.54) is 12.1 Å². The quantitative estimate of drug-likeness (QED) is 0.811. The average Bonchev–Trinajstić information content (AvgIpc) is 2.91. The van der Waals surface area contributed by atoms with Crippen molar-refractivity contribution in [2.45, 2.75) is 25.1 Å². The van der Waals surface area contributed by atoms with Crippen molar-refractivity contribution in [1.82, 2.24) is 0 Å². The van der Waals surface area contributed by atoms with E-state index in [2.05, 4.69) is 5.32 Å². The highest BCUT2D eigenvalue weighted by Gasteiger charge is 2.30. The molecule has 1 aliphatic rings. The highest BCUT2D eigenvalue weighted by Crippen LogP contribution is 2.31. The van der Waals surface area contributed by atoms with Gasteiger partial charge in [0.1, 0.15) is 31.5 Å². The van der Waals surface area contributed by atoms with Crippen molar-refractivity contribution < 1.29 is 28.0 Å². The lowest BCUT2D eigenvalue weighted by molar-refractivity contribution is -0.661. The molecule has 1 aromatic carbocycles. The molecule has 112 valence electrons. The first kappa shape index (κ1) is 15.1. The first-order valence-electron chi connectivity index (χ1n) is 6.79. The maximum absolute atomic E-state index is 12.5. The minimum absolute atomic E-state index is 0.255. The summed E-state index contributed by atoms with van der Waals surface area (Å²) in [5, 5.41) is 2.07. The number of nitrogens with two attached hydrogens (primary N) is 1. The molecular formula is C14H19F3NO2+. The summed E-state index contributed by atoms with van der Waals surface area (Å²) in [4.78, 5) is 0. The molecule has 0 amide bonds. The zero-order valence-electron chi connectivity index (χ0n) is 11.2. The molecule has 1 aliphatic heterocycles. The fourth-order valence-electron chi connectivity index (χ4n) is 2.16. The maximum Gasteiger partial charge on any atom is 0.416 e. The second-order valence-electron chi connectivity index (χ2n) is 4.82. The van der Waals surface area contributed by atoms with E-state index >= 15 is 0 Å². The summed E-state index contributed by atoms with van der Waals surface area (Å²) in [6.07, 6.45) is -1.82. The van der Waals surface area contributed by atoms with Gasteiger partial charge >= 0.3 is 6.18 Å². The van der Waals surface area contributed by atoms with Gasteiger partial charge in [-0.1, -0.05) is 6.07 Å². The third-order valence-corrected chi connectivity index (χ3v) is 3.21. The van der Waals surface area contributed by atoms with Gasteiger partial charge in [-0.2, -0.15) is 13.2 Å². The first-order chi connectivity index (χ1) is 9.55. The van der Waals surface area contributed by atoms with Crippen molar-refractivity contribution in [2.24, 2.45) is 0 Å². The van der Waals surface area contributed by atoms with Crippen molar-refractivity contribution >= 4 is 0 Å². The molecule has 1 saturated heterocycles. The molecular weight excluding hydrogens is 271 g/mol. The lowest BCUT2D eigenvalue weighted by Gasteiger charge is -2.11. The number of hydrogen-bond donors (Lipinski definition) is 1. The van der Waals surface area contributed by atoms with Gasteiger partial charge in [-0.05, 0) is 31.0 Å². The normalized spacial score (nSPS) is 19.2. The molecule has 1 aromatic rings. The predicted molar refractivity (Wildman–Crippen MR) is 67.6 cm³/mol. The lowest BCUT2D eigenvalue weighted by atomic mass is 10.2. The van der Waals surface area contributed by atoms with Crippen molar-refractivity contribution in [3.05, 3.63) is 29.8 Å². The van der Waals surface area contributed by atoms with Gasteiger partial charge in [-0.3, -0.25) is 0 Å². The summed E-state index contributed by atoms with van der Waals surface area (Å²) < 4.78 is 48.3. The molecule has 0 saturated carbocycles. The summed E-state index contributed by atoms with van der Waals surface area (Å²) in [5.74, 6) is 0.255. The molecule has 2 rings (SSSR count). The van der Waals surface area contributed by atoms with Crippen molar-refractivity contribution in [2.75, 3.05) is 26.3 Å². The molecule has 0 radical (unpaired) electrons. The molecule has 1 atom stereocenters.